The second kappa shape index (κ2) is 8.47. The molecule has 3 rings (SSSR count). The van der Waals surface area contributed by atoms with Gasteiger partial charge in [-0.15, -0.1) is 0 Å². The summed E-state index contributed by atoms with van der Waals surface area (Å²) in [6, 6.07) is 1.79. The minimum absolute atomic E-state index is 0.0632. The number of nitrogens with two attached hydrogens (primary N) is 1. The van der Waals surface area contributed by atoms with Gasteiger partial charge in [-0.3, -0.25) is 9.78 Å². The zero-order chi connectivity index (χ0) is 19.3. The van der Waals surface area contributed by atoms with Gasteiger partial charge in [0.15, 0.2) is 0 Å². The molecule has 3 heterocycles. The molecule has 0 spiro atoms. The van der Waals surface area contributed by atoms with Crippen LogP contribution in [0.4, 0.5) is 11.8 Å². The van der Waals surface area contributed by atoms with Crippen molar-refractivity contribution in [3.8, 4) is 0 Å². The number of hydrogen-bond donors (Lipinski definition) is 4. The van der Waals surface area contributed by atoms with E-state index in [4.69, 9.17) is 5.73 Å². The number of fused-ring (bicyclic) bond motifs is 1. The van der Waals surface area contributed by atoms with Crippen LogP contribution in [0.1, 0.15) is 46.0 Å². The normalized spacial score (nSPS) is 19.0. The first kappa shape index (κ1) is 19.3. The molecular weight excluding hydrogens is 342 g/mol. The number of anilines is 2. The predicted octanol–water partition coefficient (Wildman–Crippen LogP) is 1.84. The van der Waals surface area contributed by atoms with Crippen molar-refractivity contribution >= 4 is 28.6 Å². The molecule has 1 saturated heterocycles. The first-order chi connectivity index (χ1) is 13.0. The van der Waals surface area contributed by atoms with Crippen LogP contribution in [-0.2, 0) is 4.79 Å². The number of carbonyl (C=O) groups excluding carboxylic acids is 1. The van der Waals surface area contributed by atoms with Gasteiger partial charge in [0.25, 0.3) is 0 Å². The van der Waals surface area contributed by atoms with Crippen molar-refractivity contribution in [1.82, 2.24) is 25.6 Å². The summed E-state index contributed by atoms with van der Waals surface area (Å²) in [5, 5.41) is 10.7. The SMILES string of the molecule is CCCCC(C)(CNC(=O)[C@@H]1CCCN1)Nc1nc(N)nc2cnccc12. The summed E-state index contributed by atoms with van der Waals surface area (Å²) >= 11 is 0. The topological polar surface area (TPSA) is 118 Å². The Morgan fingerprint density at radius 3 is 3.04 bits per heavy atom. The molecule has 1 aliphatic heterocycles. The van der Waals surface area contributed by atoms with Crippen molar-refractivity contribution in [3.05, 3.63) is 18.5 Å². The van der Waals surface area contributed by atoms with E-state index in [1.807, 2.05) is 6.07 Å². The van der Waals surface area contributed by atoms with E-state index in [2.05, 4.69) is 44.7 Å². The Labute approximate surface area is 159 Å². The van der Waals surface area contributed by atoms with Crippen LogP contribution < -0.4 is 21.7 Å². The van der Waals surface area contributed by atoms with Gasteiger partial charge < -0.3 is 21.7 Å². The maximum absolute atomic E-state index is 12.4. The summed E-state index contributed by atoms with van der Waals surface area (Å²) in [6.07, 6.45) is 8.35. The Morgan fingerprint density at radius 2 is 2.30 bits per heavy atom. The van der Waals surface area contributed by atoms with E-state index in [0.717, 1.165) is 44.0 Å². The van der Waals surface area contributed by atoms with Crippen molar-refractivity contribution in [2.45, 2.75) is 57.5 Å². The molecule has 0 aromatic carbocycles. The molecule has 1 unspecified atom stereocenters. The second-order valence-corrected chi connectivity index (χ2v) is 7.48. The lowest BCUT2D eigenvalue weighted by Gasteiger charge is -2.32. The number of nitrogens with zero attached hydrogens (tertiary/aromatic N) is 3. The summed E-state index contributed by atoms with van der Waals surface area (Å²) in [4.78, 5) is 25.2. The molecule has 0 saturated carbocycles. The number of unbranched alkanes of at least 4 members (excludes halogenated alkanes) is 1. The molecule has 146 valence electrons. The van der Waals surface area contributed by atoms with E-state index in [1.165, 1.54) is 0 Å². The maximum atomic E-state index is 12.4. The molecule has 27 heavy (non-hydrogen) atoms. The predicted molar refractivity (Wildman–Crippen MR) is 107 cm³/mol. The Kier molecular flexibility index (Phi) is 6.05. The third kappa shape index (κ3) is 4.82. The standard InChI is InChI=1S/C19H29N7O/c1-3-4-8-19(2,12-23-17(27)14-6-5-9-22-14)26-16-13-7-10-21-11-15(13)24-18(20)25-16/h7,10-11,14,22H,3-6,8-9,12H2,1-2H3,(H,23,27)(H3,20,24,25,26)/t14-,19?/m0/s1. The molecule has 1 fully saturated rings. The third-order valence-corrected chi connectivity index (χ3v) is 5.05. The number of nitrogen functional groups attached to an aromatic ring is 1. The van der Waals surface area contributed by atoms with Crippen LogP contribution in [0.25, 0.3) is 10.9 Å². The van der Waals surface area contributed by atoms with Crippen LogP contribution in [0.15, 0.2) is 18.5 Å². The summed E-state index contributed by atoms with van der Waals surface area (Å²) in [5.41, 5.74) is 6.23. The van der Waals surface area contributed by atoms with Crippen molar-refractivity contribution < 1.29 is 4.79 Å². The minimum atomic E-state index is -0.346. The summed E-state index contributed by atoms with van der Waals surface area (Å²) in [7, 11) is 0. The van der Waals surface area contributed by atoms with E-state index < -0.39 is 0 Å². The number of pyridine rings is 1. The molecular formula is C19H29N7O. The van der Waals surface area contributed by atoms with Gasteiger partial charge in [-0.25, -0.2) is 4.98 Å². The first-order valence-electron chi connectivity index (χ1n) is 9.67. The Bertz CT molecular complexity index is 791. The fourth-order valence-corrected chi connectivity index (χ4v) is 3.46. The van der Waals surface area contributed by atoms with Crippen LogP contribution in [0.3, 0.4) is 0 Å². The van der Waals surface area contributed by atoms with E-state index >= 15 is 0 Å². The van der Waals surface area contributed by atoms with Crippen LogP contribution in [0.5, 0.6) is 0 Å². The van der Waals surface area contributed by atoms with Gasteiger partial charge in [-0.1, -0.05) is 19.8 Å². The molecule has 1 aliphatic rings. The highest BCUT2D eigenvalue weighted by Crippen LogP contribution is 2.26. The number of nitrogens with one attached hydrogen (secondary N) is 3. The molecule has 0 aliphatic carbocycles. The maximum Gasteiger partial charge on any atom is 0.237 e. The summed E-state index contributed by atoms with van der Waals surface area (Å²) in [6.45, 7) is 5.69. The number of amides is 1. The molecule has 2 aromatic rings. The monoisotopic (exact) mass is 371 g/mol. The lowest BCUT2D eigenvalue weighted by molar-refractivity contribution is -0.123. The number of carbonyl (C=O) groups is 1. The molecule has 5 N–H and O–H groups in total. The molecule has 1 amide bonds. The lowest BCUT2D eigenvalue weighted by atomic mass is 9.94. The van der Waals surface area contributed by atoms with Gasteiger partial charge in [-0.2, -0.15) is 4.98 Å². The van der Waals surface area contributed by atoms with E-state index in [0.29, 0.717) is 17.9 Å². The van der Waals surface area contributed by atoms with Crippen LogP contribution in [-0.4, -0.2) is 45.5 Å². The van der Waals surface area contributed by atoms with E-state index in [-0.39, 0.29) is 23.4 Å². The van der Waals surface area contributed by atoms with Crippen molar-refractivity contribution in [3.63, 3.8) is 0 Å². The summed E-state index contributed by atoms with van der Waals surface area (Å²) < 4.78 is 0. The molecule has 2 aromatic heterocycles. The van der Waals surface area contributed by atoms with Gasteiger partial charge in [-0.05, 0) is 38.8 Å². The van der Waals surface area contributed by atoms with Gasteiger partial charge in [0.1, 0.15) is 5.82 Å². The zero-order valence-corrected chi connectivity index (χ0v) is 16.1. The second-order valence-electron chi connectivity index (χ2n) is 7.48. The molecule has 0 radical (unpaired) electrons. The van der Waals surface area contributed by atoms with E-state index in [1.54, 1.807) is 12.4 Å². The largest absolute Gasteiger partial charge is 0.368 e. The summed E-state index contributed by atoms with van der Waals surface area (Å²) in [5.74, 6) is 0.940. The number of aromatic nitrogens is 3. The van der Waals surface area contributed by atoms with Gasteiger partial charge in [0, 0.05) is 18.1 Å². The Balaban J connectivity index is 1.78. The molecule has 0 bridgehead atoms. The quantitative estimate of drug-likeness (QED) is 0.559. The van der Waals surface area contributed by atoms with Gasteiger partial charge in [0.2, 0.25) is 11.9 Å². The number of hydrogen-bond acceptors (Lipinski definition) is 7. The smallest absolute Gasteiger partial charge is 0.237 e. The highest BCUT2D eigenvalue weighted by molar-refractivity contribution is 5.89. The van der Waals surface area contributed by atoms with Crippen LogP contribution in [0, 0.1) is 0 Å². The van der Waals surface area contributed by atoms with Gasteiger partial charge >= 0.3 is 0 Å². The lowest BCUT2D eigenvalue weighted by Crippen LogP contribution is -2.50. The zero-order valence-electron chi connectivity index (χ0n) is 16.1. The fraction of sp³-hybridized carbons (Fsp3) is 0.579. The third-order valence-electron chi connectivity index (χ3n) is 5.05. The van der Waals surface area contributed by atoms with Crippen molar-refractivity contribution in [1.29, 1.82) is 0 Å². The number of rotatable bonds is 8. The van der Waals surface area contributed by atoms with Crippen LogP contribution in [0.2, 0.25) is 0 Å². The fourth-order valence-electron chi connectivity index (χ4n) is 3.46. The van der Waals surface area contributed by atoms with Crippen molar-refractivity contribution in [2.75, 3.05) is 24.1 Å². The average molecular weight is 371 g/mol. The van der Waals surface area contributed by atoms with Crippen LogP contribution >= 0.6 is 0 Å². The van der Waals surface area contributed by atoms with E-state index in [9.17, 15) is 4.79 Å². The minimum Gasteiger partial charge on any atom is -0.368 e. The molecule has 8 heteroatoms. The molecule has 2 atom stereocenters. The highest BCUT2D eigenvalue weighted by atomic mass is 16.2. The van der Waals surface area contributed by atoms with Crippen molar-refractivity contribution in [2.24, 2.45) is 0 Å². The highest BCUT2D eigenvalue weighted by Gasteiger charge is 2.28. The molecule has 8 nitrogen and oxygen atoms in total. The first-order valence-corrected chi connectivity index (χ1v) is 9.67. The Morgan fingerprint density at radius 1 is 1.44 bits per heavy atom. The van der Waals surface area contributed by atoms with Gasteiger partial charge in [0.05, 0.1) is 23.3 Å². The average Bonchev–Trinajstić information content (AvgIpc) is 3.19. The Hall–Kier alpha value is -2.48.